The first kappa shape index (κ1) is 16.5. The van der Waals surface area contributed by atoms with Gasteiger partial charge in [0, 0.05) is 17.8 Å². The van der Waals surface area contributed by atoms with Crippen molar-refractivity contribution in [3.8, 4) is 0 Å². The molecule has 0 aromatic heterocycles. The number of anilines is 1. The topological polar surface area (TPSA) is 58.2 Å². The van der Waals surface area contributed by atoms with E-state index in [9.17, 15) is 22.8 Å². The SMILES string of the molecule is O=C(NCc1cccc(NC(=O)C(F)(F)F)c1)c1ccccc1. The molecule has 0 heterocycles. The summed E-state index contributed by atoms with van der Waals surface area (Å²) in [7, 11) is 0. The number of alkyl halides is 3. The van der Waals surface area contributed by atoms with Gasteiger partial charge in [-0.15, -0.1) is 0 Å². The smallest absolute Gasteiger partial charge is 0.348 e. The molecule has 0 radical (unpaired) electrons. The zero-order chi connectivity index (χ0) is 16.9. The van der Waals surface area contributed by atoms with Crippen molar-refractivity contribution in [1.29, 1.82) is 0 Å². The Balaban J connectivity index is 1.98. The van der Waals surface area contributed by atoms with Crippen LogP contribution in [0.2, 0.25) is 0 Å². The molecule has 2 rings (SSSR count). The third-order valence-electron chi connectivity index (χ3n) is 2.93. The highest BCUT2D eigenvalue weighted by Gasteiger charge is 2.38. The van der Waals surface area contributed by atoms with Crippen LogP contribution in [-0.4, -0.2) is 18.0 Å². The van der Waals surface area contributed by atoms with Crippen LogP contribution in [0.3, 0.4) is 0 Å². The second-order valence-corrected chi connectivity index (χ2v) is 4.70. The summed E-state index contributed by atoms with van der Waals surface area (Å²) in [5.74, 6) is -2.33. The zero-order valence-corrected chi connectivity index (χ0v) is 11.9. The summed E-state index contributed by atoms with van der Waals surface area (Å²) in [4.78, 5) is 22.8. The van der Waals surface area contributed by atoms with Gasteiger partial charge in [0.05, 0.1) is 0 Å². The van der Waals surface area contributed by atoms with Crippen LogP contribution in [0.25, 0.3) is 0 Å². The molecular formula is C16H13F3N2O2. The Morgan fingerprint density at radius 3 is 2.30 bits per heavy atom. The lowest BCUT2D eigenvalue weighted by Gasteiger charge is -2.10. The van der Waals surface area contributed by atoms with Crippen LogP contribution >= 0.6 is 0 Å². The van der Waals surface area contributed by atoms with E-state index >= 15 is 0 Å². The minimum absolute atomic E-state index is 0.0128. The average Bonchev–Trinajstić information content (AvgIpc) is 2.53. The maximum Gasteiger partial charge on any atom is 0.471 e. The predicted octanol–water partition coefficient (Wildman–Crippen LogP) is 3.12. The van der Waals surface area contributed by atoms with Crippen molar-refractivity contribution in [1.82, 2.24) is 5.32 Å². The van der Waals surface area contributed by atoms with Gasteiger partial charge < -0.3 is 10.6 Å². The van der Waals surface area contributed by atoms with Crippen LogP contribution in [0.5, 0.6) is 0 Å². The van der Waals surface area contributed by atoms with Gasteiger partial charge in [0.25, 0.3) is 5.91 Å². The molecule has 7 heteroatoms. The first-order valence-electron chi connectivity index (χ1n) is 6.66. The van der Waals surface area contributed by atoms with Gasteiger partial charge in [0.1, 0.15) is 0 Å². The average molecular weight is 322 g/mol. The van der Waals surface area contributed by atoms with Crippen molar-refractivity contribution in [3.63, 3.8) is 0 Å². The minimum Gasteiger partial charge on any atom is -0.348 e. The van der Waals surface area contributed by atoms with E-state index in [2.05, 4.69) is 5.32 Å². The summed E-state index contributed by atoms with van der Waals surface area (Å²) in [5, 5.41) is 4.42. The first-order valence-corrected chi connectivity index (χ1v) is 6.66. The van der Waals surface area contributed by atoms with Crippen molar-refractivity contribution in [2.45, 2.75) is 12.7 Å². The number of hydrogen-bond donors (Lipinski definition) is 2. The Morgan fingerprint density at radius 1 is 0.957 bits per heavy atom. The Bertz CT molecular complexity index is 700. The number of amides is 2. The molecule has 0 aliphatic carbocycles. The molecule has 0 unspecified atom stereocenters. The summed E-state index contributed by atoms with van der Waals surface area (Å²) < 4.78 is 36.6. The molecule has 2 N–H and O–H groups in total. The van der Waals surface area contributed by atoms with Crippen molar-refractivity contribution < 1.29 is 22.8 Å². The van der Waals surface area contributed by atoms with Crippen molar-refractivity contribution in [2.75, 3.05) is 5.32 Å². The van der Waals surface area contributed by atoms with E-state index in [0.717, 1.165) is 0 Å². The lowest BCUT2D eigenvalue weighted by molar-refractivity contribution is -0.167. The minimum atomic E-state index is -4.95. The van der Waals surface area contributed by atoms with E-state index in [1.165, 1.54) is 18.2 Å². The monoisotopic (exact) mass is 322 g/mol. The van der Waals surface area contributed by atoms with Gasteiger partial charge in [-0.1, -0.05) is 30.3 Å². The third kappa shape index (κ3) is 4.84. The highest BCUT2D eigenvalue weighted by molar-refractivity contribution is 5.95. The number of carbonyl (C=O) groups is 2. The van der Waals surface area contributed by atoms with Crippen molar-refractivity contribution in [2.24, 2.45) is 0 Å². The largest absolute Gasteiger partial charge is 0.471 e. The van der Waals surface area contributed by atoms with Crippen molar-refractivity contribution >= 4 is 17.5 Å². The number of rotatable bonds is 4. The Morgan fingerprint density at radius 2 is 1.65 bits per heavy atom. The van der Waals surface area contributed by atoms with E-state index in [4.69, 9.17) is 0 Å². The van der Waals surface area contributed by atoms with E-state index in [-0.39, 0.29) is 18.1 Å². The molecule has 0 saturated heterocycles. The molecule has 0 fully saturated rings. The van der Waals surface area contributed by atoms with E-state index < -0.39 is 12.1 Å². The zero-order valence-electron chi connectivity index (χ0n) is 11.9. The number of carbonyl (C=O) groups excluding carboxylic acids is 2. The fourth-order valence-corrected chi connectivity index (χ4v) is 1.83. The van der Waals surface area contributed by atoms with Gasteiger partial charge in [-0.2, -0.15) is 13.2 Å². The van der Waals surface area contributed by atoms with Gasteiger partial charge in [-0.25, -0.2) is 0 Å². The molecule has 4 nitrogen and oxygen atoms in total. The first-order chi connectivity index (χ1) is 10.9. The molecule has 2 aromatic rings. The molecule has 0 aliphatic heterocycles. The van der Waals surface area contributed by atoms with Gasteiger partial charge in [0.2, 0.25) is 0 Å². The van der Waals surface area contributed by atoms with Crippen LogP contribution in [0.1, 0.15) is 15.9 Å². The molecule has 0 aliphatic rings. The van der Waals surface area contributed by atoms with Crippen LogP contribution in [0.4, 0.5) is 18.9 Å². The van der Waals surface area contributed by atoms with Gasteiger partial charge in [-0.05, 0) is 29.8 Å². The third-order valence-corrected chi connectivity index (χ3v) is 2.93. The standard InChI is InChI=1S/C16H13F3N2O2/c17-16(18,19)15(23)21-13-8-4-5-11(9-13)10-20-14(22)12-6-2-1-3-7-12/h1-9H,10H2,(H,20,22)(H,21,23). The molecular weight excluding hydrogens is 309 g/mol. The number of nitrogens with one attached hydrogen (secondary N) is 2. The molecule has 2 amide bonds. The Kier molecular flexibility index (Phi) is 5.00. The van der Waals surface area contributed by atoms with E-state index in [1.54, 1.807) is 41.7 Å². The lowest BCUT2D eigenvalue weighted by Crippen LogP contribution is -2.30. The second kappa shape index (κ2) is 6.95. The fraction of sp³-hybridized carbons (Fsp3) is 0.125. The highest BCUT2D eigenvalue weighted by atomic mass is 19.4. The molecule has 23 heavy (non-hydrogen) atoms. The quantitative estimate of drug-likeness (QED) is 0.909. The van der Waals surface area contributed by atoms with Crippen LogP contribution in [0.15, 0.2) is 54.6 Å². The highest BCUT2D eigenvalue weighted by Crippen LogP contribution is 2.19. The molecule has 120 valence electrons. The summed E-state index contributed by atoms with van der Waals surface area (Å²) in [6, 6.07) is 14.4. The summed E-state index contributed by atoms with van der Waals surface area (Å²) in [6.07, 6.45) is -4.95. The molecule has 2 aromatic carbocycles. The second-order valence-electron chi connectivity index (χ2n) is 4.70. The Labute approximate surface area is 130 Å². The molecule has 0 atom stereocenters. The van der Waals surface area contributed by atoms with Crippen LogP contribution in [-0.2, 0) is 11.3 Å². The maximum absolute atomic E-state index is 12.2. The summed E-state index contributed by atoms with van der Waals surface area (Å²) >= 11 is 0. The van der Waals surface area contributed by atoms with Gasteiger partial charge >= 0.3 is 12.1 Å². The lowest BCUT2D eigenvalue weighted by atomic mass is 10.1. The van der Waals surface area contributed by atoms with Gasteiger partial charge in [-0.3, -0.25) is 9.59 Å². The number of hydrogen-bond acceptors (Lipinski definition) is 2. The maximum atomic E-state index is 12.2. The summed E-state index contributed by atoms with van der Waals surface area (Å²) in [5.41, 5.74) is 1.06. The fourth-order valence-electron chi connectivity index (χ4n) is 1.83. The van der Waals surface area contributed by atoms with E-state index in [1.807, 2.05) is 0 Å². The predicted molar refractivity (Wildman–Crippen MR) is 78.7 cm³/mol. The number of benzene rings is 2. The van der Waals surface area contributed by atoms with Gasteiger partial charge in [0.15, 0.2) is 0 Å². The van der Waals surface area contributed by atoms with E-state index in [0.29, 0.717) is 11.1 Å². The van der Waals surface area contributed by atoms with Crippen LogP contribution < -0.4 is 10.6 Å². The summed E-state index contributed by atoms with van der Waals surface area (Å²) in [6.45, 7) is 0.128. The molecule has 0 bridgehead atoms. The van der Waals surface area contributed by atoms with Crippen molar-refractivity contribution in [3.05, 3.63) is 65.7 Å². The Hall–Kier alpha value is -2.83. The molecule has 0 saturated carbocycles. The normalized spacial score (nSPS) is 10.9. The van der Waals surface area contributed by atoms with Crippen LogP contribution in [0, 0.1) is 0 Å². The number of halogens is 3. The molecule has 0 spiro atoms.